The van der Waals surface area contributed by atoms with Crippen LogP contribution >= 0.6 is 23.4 Å². The predicted molar refractivity (Wildman–Crippen MR) is 147 cm³/mol. The zero-order valence-electron chi connectivity index (χ0n) is 19.9. The molecule has 3 N–H and O–H groups in total. The number of nitrogens with zero attached hydrogens (tertiary/aromatic N) is 3. The van der Waals surface area contributed by atoms with Crippen LogP contribution in [0, 0.1) is 11.3 Å². The first kappa shape index (κ1) is 25.6. The van der Waals surface area contributed by atoms with Gasteiger partial charge in [-0.05, 0) is 53.6 Å². The van der Waals surface area contributed by atoms with E-state index in [0.29, 0.717) is 27.4 Å². The van der Waals surface area contributed by atoms with Crippen molar-refractivity contribution < 1.29 is 20.1 Å². The molecule has 1 aromatic heterocycles. The van der Waals surface area contributed by atoms with E-state index in [2.05, 4.69) is 11.1 Å². The standard InChI is InChI=1S/C29H22ClN3O4S/c30-21-5-1-19(2-6-21)26(36)16-38-28-27(24-10-9-23(34)12-25(24)35)33(29(28)37)22-7-3-18(4-8-22)20-11-17(13-31)14-32-15-20/h1-12,14-15,26-28,34-36H,16H2/t26-,27-,28-/m1/s1. The Morgan fingerprint density at radius 2 is 1.74 bits per heavy atom. The second-order valence-electron chi connectivity index (χ2n) is 8.84. The van der Waals surface area contributed by atoms with Crippen molar-refractivity contribution in [3.8, 4) is 28.7 Å². The molecule has 0 unspecified atom stereocenters. The molecule has 1 aliphatic rings. The molecule has 1 fully saturated rings. The van der Waals surface area contributed by atoms with Crippen molar-refractivity contribution in [2.45, 2.75) is 17.4 Å². The lowest BCUT2D eigenvalue weighted by Gasteiger charge is -2.47. The molecule has 9 heteroatoms. The van der Waals surface area contributed by atoms with Crippen molar-refractivity contribution >= 4 is 35.0 Å². The van der Waals surface area contributed by atoms with Gasteiger partial charge in [-0.25, -0.2) is 0 Å². The molecule has 0 bridgehead atoms. The number of pyridine rings is 1. The molecule has 2 heterocycles. The lowest BCUT2D eigenvalue weighted by Crippen LogP contribution is -2.57. The van der Waals surface area contributed by atoms with Crippen LogP contribution < -0.4 is 4.90 Å². The SMILES string of the molecule is N#Cc1cncc(-c2ccc(N3C(=O)[C@H](SC[C@@H](O)c4ccc(Cl)cc4)[C@H]3c3ccc(O)cc3O)cc2)c1. The Hall–Kier alpha value is -4.03. The fourth-order valence-electron chi connectivity index (χ4n) is 4.45. The van der Waals surface area contributed by atoms with E-state index in [4.69, 9.17) is 16.9 Å². The average Bonchev–Trinajstić information content (AvgIpc) is 2.93. The van der Waals surface area contributed by atoms with Gasteiger partial charge in [-0.1, -0.05) is 35.9 Å². The van der Waals surface area contributed by atoms with Gasteiger partial charge in [0.25, 0.3) is 0 Å². The van der Waals surface area contributed by atoms with Crippen LogP contribution in [-0.2, 0) is 4.79 Å². The van der Waals surface area contributed by atoms with Crippen LogP contribution in [-0.4, -0.2) is 37.2 Å². The van der Waals surface area contributed by atoms with Gasteiger partial charge in [-0.2, -0.15) is 5.26 Å². The van der Waals surface area contributed by atoms with Crippen LogP contribution in [0.25, 0.3) is 11.1 Å². The van der Waals surface area contributed by atoms with Gasteiger partial charge < -0.3 is 20.2 Å². The molecule has 0 aliphatic carbocycles. The molecular weight excluding hydrogens is 522 g/mol. The number of aliphatic hydroxyl groups is 1. The molecule has 3 atom stereocenters. The number of phenolic OH excluding ortho intramolecular Hbond substituents is 2. The summed E-state index contributed by atoms with van der Waals surface area (Å²) in [6, 6.07) is 21.8. The topological polar surface area (TPSA) is 118 Å². The predicted octanol–water partition coefficient (Wildman–Crippen LogP) is 5.61. The second kappa shape index (κ2) is 10.8. The first-order valence-electron chi connectivity index (χ1n) is 11.7. The number of halogens is 1. The number of hydrogen-bond donors (Lipinski definition) is 3. The minimum Gasteiger partial charge on any atom is -0.508 e. The second-order valence-corrected chi connectivity index (χ2v) is 10.4. The minimum atomic E-state index is -0.801. The maximum Gasteiger partial charge on any atom is 0.243 e. The number of aromatic hydroxyl groups is 2. The van der Waals surface area contributed by atoms with Gasteiger partial charge in [-0.15, -0.1) is 11.8 Å². The van der Waals surface area contributed by atoms with Crippen molar-refractivity contribution in [3.05, 3.63) is 107 Å². The van der Waals surface area contributed by atoms with Crippen LogP contribution in [0.2, 0.25) is 5.02 Å². The number of anilines is 1. The zero-order chi connectivity index (χ0) is 26.8. The molecule has 5 rings (SSSR count). The smallest absolute Gasteiger partial charge is 0.243 e. The van der Waals surface area contributed by atoms with Crippen LogP contribution in [0.4, 0.5) is 5.69 Å². The fourth-order valence-corrected chi connectivity index (χ4v) is 5.86. The molecule has 4 aromatic rings. The molecule has 190 valence electrons. The number of β-lactam (4-membered cyclic amide) rings is 1. The normalized spacial score (nSPS) is 17.5. The van der Waals surface area contributed by atoms with E-state index in [1.165, 1.54) is 30.1 Å². The maximum absolute atomic E-state index is 13.4. The minimum absolute atomic E-state index is 0.0802. The first-order chi connectivity index (χ1) is 18.4. The summed E-state index contributed by atoms with van der Waals surface area (Å²) in [5, 5.41) is 40.3. The summed E-state index contributed by atoms with van der Waals surface area (Å²) in [5.41, 5.74) is 3.90. The third-order valence-electron chi connectivity index (χ3n) is 6.41. The number of benzene rings is 3. The van der Waals surface area contributed by atoms with Crippen LogP contribution in [0.15, 0.2) is 85.2 Å². The number of rotatable bonds is 7. The highest BCUT2D eigenvalue weighted by molar-refractivity contribution is 8.00. The molecular formula is C29H22ClN3O4S. The van der Waals surface area contributed by atoms with Crippen molar-refractivity contribution in [2.24, 2.45) is 0 Å². The number of carbonyl (C=O) groups excluding carboxylic acids is 1. The summed E-state index contributed by atoms with van der Waals surface area (Å²) in [4.78, 5) is 19.1. The molecule has 1 amide bonds. The number of amides is 1. The molecule has 1 aliphatic heterocycles. The summed E-state index contributed by atoms with van der Waals surface area (Å²) in [6.45, 7) is 0. The zero-order valence-corrected chi connectivity index (χ0v) is 21.5. The van der Waals surface area contributed by atoms with E-state index in [0.717, 1.165) is 11.1 Å². The highest BCUT2D eigenvalue weighted by Crippen LogP contribution is 2.48. The molecule has 1 saturated heterocycles. The fraction of sp³-hybridized carbons (Fsp3) is 0.138. The summed E-state index contributed by atoms with van der Waals surface area (Å²) >= 11 is 7.26. The van der Waals surface area contributed by atoms with Gasteiger partial charge >= 0.3 is 0 Å². The lowest BCUT2D eigenvalue weighted by molar-refractivity contribution is -0.123. The summed E-state index contributed by atoms with van der Waals surface area (Å²) in [6.07, 6.45) is 2.36. The summed E-state index contributed by atoms with van der Waals surface area (Å²) in [7, 11) is 0. The number of carbonyl (C=O) groups is 1. The summed E-state index contributed by atoms with van der Waals surface area (Å²) < 4.78 is 0. The third kappa shape index (κ3) is 5.04. The van der Waals surface area contributed by atoms with E-state index in [9.17, 15) is 20.1 Å². The Bertz CT molecular complexity index is 1520. The van der Waals surface area contributed by atoms with E-state index >= 15 is 0 Å². The van der Waals surface area contributed by atoms with Gasteiger partial charge in [0.2, 0.25) is 5.91 Å². The van der Waals surface area contributed by atoms with Gasteiger partial charge in [0.1, 0.15) is 22.8 Å². The number of phenols is 2. The average molecular weight is 544 g/mol. The molecule has 3 aromatic carbocycles. The van der Waals surface area contributed by atoms with Crippen molar-refractivity contribution in [1.82, 2.24) is 4.98 Å². The van der Waals surface area contributed by atoms with E-state index < -0.39 is 17.4 Å². The van der Waals surface area contributed by atoms with Gasteiger partial charge in [0, 0.05) is 46.0 Å². The summed E-state index contributed by atoms with van der Waals surface area (Å²) in [5.74, 6) is -0.0880. The van der Waals surface area contributed by atoms with Crippen molar-refractivity contribution in [3.63, 3.8) is 0 Å². The number of aromatic nitrogens is 1. The number of thioether (sulfide) groups is 1. The number of hydrogen-bond acceptors (Lipinski definition) is 7. The monoisotopic (exact) mass is 543 g/mol. The highest BCUT2D eigenvalue weighted by atomic mass is 35.5. The van der Waals surface area contributed by atoms with Gasteiger partial charge in [0.05, 0.1) is 17.7 Å². The van der Waals surface area contributed by atoms with Crippen molar-refractivity contribution in [1.29, 1.82) is 5.26 Å². The lowest BCUT2D eigenvalue weighted by atomic mass is 9.91. The molecule has 0 spiro atoms. The van der Waals surface area contributed by atoms with Crippen LogP contribution in [0.1, 0.15) is 28.8 Å². The van der Waals surface area contributed by atoms with Crippen molar-refractivity contribution in [2.75, 3.05) is 10.7 Å². The van der Waals surface area contributed by atoms with E-state index in [1.54, 1.807) is 59.6 Å². The number of nitriles is 1. The Kier molecular flexibility index (Phi) is 7.25. The van der Waals surface area contributed by atoms with Crippen LogP contribution in [0.5, 0.6) is 11.5 Å². The molecule has 38 heavy (non-hydrogen) atoms. The quantitative estimate of drug-likeness (QED) is 0.259. The Balaban J connectivity index is 1.41. The largest absolute Gasteiger partial charge is 0.508 e. The number of aliphatic hydroxyl groups excluding tert-OH is 1. The van der Waals surface area contributed by atoms with Gasteiger partial charge in [-0.3, -0.25) is 9.78 Å². The van der Waals surface area contributed by atoms with E-state index in [1.807, 2.05) is 12.1 Å². The molecule has 7 nitrogen and oxygen atoms in total. The van der Waals surface area contributed by atoms with Crippen LogP contribution in [0.3, 0.4) is 0 Å². The van der Waals surface area contributed by atoms with Gasteiger partial charge in [0.15, 0.2) is 0 Å². The van der Waals surface area contributed by atoms with E-state index in [-0.39, 0.29) is 23.2 Å². The third-order valence-corrected chi connectivity index (χ3v) is 7.99. The Morgan fingerprint density at radius 3 is 2.42 bits per heavy atom. The molecule has 0 saturated carbocycles. The Morgan fingerprint density at radius 1 is 1.00 bits per heavy atom. The molecule has 0 radical (unpaired) electrons. The first-order valence-corrected chi connectivity index (χ1v) is 13.1. The Labute approximate surface area is 228 Å². The highest BCUT2D eigenvalue weighted by Gasteiger charge is 2.50. The maximum atomic E-state index is 13.4.